The van der Waals surface area contributed by atoms with Crippen LogP contribution >= 0.6 is 0 Å². The lowest BCUT2D eigenvalue weighted by Gasteiger charge is -1.89. The first-order valence-corrected chi connectivity index (χ1v) is 4.90. The van der Waals surface area contributed by atoms with Crippen LogP contribution in [0.3, 0.4) is 0 Å². The number of rotatable bonds is 6. The van der Waals surface area contributed by atoms with Gasteiger partial charge in [0.2, 0.25) is 0 Å². The van der Waals surface area contributed by atoms with Gasteiger partial charge in [-0.1, -0.05) is 49.0 Å². The van der Waals surface area contributed by atoms with E-state index < -0.39 is 0 Å². The zero-order valence-electron chi connectivity index (χ0n) is 8.79. The summed E-state index contributed by atoms with van der Waals surface area (Å²) in [6.07, 6.45) is 15.9. The minimum atomic E-state index is 0.954. The maximum absolute atomic E-state index is 3.66. The van der Waals surface area contributed by atoms with E-state index >= 15 is 0 Å². The Labute approximate surface area is 82.4 Å². The molecule has 0 spiro atoms. The summed E-state index contributed by atoms with van der Waals surface area (Å²) in [5.74, 6) is 0. The summed E-state index contributed by atoms with van der Waals surface area (Å²) in [4.78, 5) is 0. The Bertz CT molecular complexity index is 204. The molecule has 0 radical (unpaired) electrons. The van der Waals surface area contributed by atoms with Gasteiger partial charge in [0.25, 0.3) is 0 Å². The van der Waals surface area contributed by atoms with Crippen LogP contribution in [0.25, 0.3) is 0 Å². The van der Waals surface area contributed by atoms with Crippen LogP contribution < -0.4 is 0 Å². The van der Waals surface area contributed by atoms with Crippen LogP contribution in [0.5, 0.6) is 0 Å². The van der Waals surface area contributed by atoms with Crippen molar-refractivity contribution in [3.8, 4) is 0 Å². The van der Waals surface area contributed by atoms with Crippen LogP contribution in [0.2, 0.25) is 0 Å². The first-order chi connectivity index (χ1) is 6.31. The molecule has 0 aliphatic heterocycles. The third-order valence-corrected chi connectivity index (χ3v) is 1.66. The van der Waals surface area contributed by atoms with E-state index in [4.69, 9.17) is 0 Å². The van der Waals surface area contributed by atoms with Gasteiger partial charge < -0.3 is 0 Å². The summed E-state index contributed by atoms with van der Waals surface area (Å²) in [5, 5.41) is 0. The second-order valence-corrected chi connectivity index (χ2v) is 2.99. The van der Waals surface area contributed by atoms with Gasteiger partial charge in [-0.25, -0.2) is 0 Å². The van der Waals surface area contributed by atoms with Crippen molar-refractivity contribution in [2.75, 3.05) is 0 Å². The van der Waals surface area contributed by atoms with Crippen LogP contribution in [-0.2, 0) is 0 Å². The zero-order valence-corrected chi connectivity index (χ0v) is 8.79. The third kappa shape index (κ3) is 8.87. The van der Waals surface area contributed by atoms with Gasteiger partial charge in [-0.2, -0.15) is 0 Å². The lowest BCUT2D eigenvalue weighted by Crippen LogP contribution is -1.68. The highest BCUT2D eigenvalue weighted by Gasteiger charge is 1.79. The molecule has 13 heavy (non-hydrogen) atoms. The zero-order chi connectivity index (χ0) is 9.94. The van der Waals surface area contributed by atoms with Crippen molar-refractivity contribution in [2.24, 2.45) is 0 Å². The Hall–Kier alpha value is -1.04. The molecule has 0 atom stereocenters. The second-order valence-electron chi connectivity index (χ2n) is 2.99. The van der Waals surface area contributed by atoms with E-state index in [9.17, 15) is 0 Å². The van der Waals surface area contributed by atoms with E-state index in [0.717, 1.165) is 19.3 Å². The molecule has 0 aliphatic rings. The standard InChI is InChI=1S/C13H20/c1-4-6-8-10-12-13(3)11-9-7-5-2/h5-6,8-9,11-12H,2,4,7,10H2,1,3H3/b8-6-,11-9-,13-12-. The fourth-order valence-corrected chi connectivity index (χ4v) is 0.935. The average molecular weight is 176 g/mol. The quantitative estimate of drug-likeness (QED) is 0.415. The number of hydrogen-bond donors (Lipinski definition) is 0. The maximum atomic E-state index is 3.66. The Morgan fingerprint density at radius 3 is 2.54 bits per heavy atom. The highest BCUT2D eigenvalue weighted by molar-refractivity contribution is 5.17. The third-order valence-electron chi connectivity index (χ3n) is 1.66. The number of hydrogen-bond acceptors (Lipinski definition) is 0. The Balaban J connectivity index is 3.74. The molecule has 0 heteroatoms. The van der Waals surface area contributed by atoms with Crippen molar-refractivity contribution in [2.45, 2.75) is 33.1 Å². The molecule has 0 aromatic heterocycles. The minimum absolute atomic E-state index is 0.954. The molecule has 0 amide bonds. The Kier molecular flexibility index (Phi) is 8.33. The van der Waals surface area contributed by atoms with Gasteiger partial charge in [-0.15, -0.1) is 6.58 Å². The van der Waals surface area contributed by atoms with Crippen molar-refractivity contribution in [3.63, 3.8) is 0 Å². The summed E-state index contributed by atoms with van der Waals surface area (Å²) in [5.41, 5.74) is 1.32. The van der Waals surface area contributed by atoms with E-state index in [-0.39, 0.29) is 0 Å². The molecule has 0 heterocycles. The molecule has 0 N–H and O–H groups in total. The summed E-state index contributed by atoms with van der Waals surface area (Å²) in [6, 6.07) is 0. The lowest BCUT2D eigenvalue weighted by atomic mass is 10.2. The Morgan fingerprint density at radius 1 is 1.15 bits per heavy atom. The summed E-state index contributed by atoms with van der Waals surface area (Å²) in [6.45, 7) is 7.94. The monoisotopic (exact) mass is 176 g/mol. The highest BCUT2D eigenvalue weighted by Crippen LogP contribution is 1.99. The minimum Gasteiger partial charge on any atom is -0.103 e. The van der Waals surface area contributed by atoms with Crippen molar-refractivity contribution in [1.82, 2.24) is 0 Å². The van der Waals surface area contributed by atoms with Crippen molar-refractivity contribution >= 4 is 0 Å². The molecule has 72 valence electrons. The molecular formula is C13H20. The van der Waals surface area contributed by atoms with Gasteiger partial charge in [0.1, 0.15) is 0 Å². The molecule has 0 saturated carbocycles. The molecule has 0 fully saturated rings. The molecule has 0 aromatic rings. The Morgan fingerprint density at radius 2 is 1.92 bits per heavy atom. The van der Waals surface area contributed by atoms with Gasteiger partial charge >= 0.3 is 0 Å². The van der Waals surface area contributed by atoms with Gasteiger partial charge in [-0.05, 0) is 26.2 Å². The maximum Gasteiger partial charge on any atom is -0.0163 e. The predicted molar refractivity (Wildman–Crippen MR) is 61.8 cm³/mol. The summed E-state index contributed by atoms with van der Waals surface area (Å²) < 4.78 is 0. The fourth-order valence-electron chi connectivity index (χ4n) is 0.935. The molecule has 0 aromatic carbocycles. The topological polar surface area (TPSA) is 0 Å². The van der Waals surface area contributed by atoms with Crippen LogP contribution in [0, 0.1) is 0 Å². The van der Waals surface area contributed by atoms with Gasteiger partial charge in [-0.3, -0.25) is 0 Å². The molecule has 0 aliphatic carbocycles. The van der Waals surface area contributed by atoms with Crippen LogP contribution in [-0.4, -0.2) is 0 Å². The molecule has 0 nitrogen and oxygen atoms in total. The molecular weight excluding hydrogens is 156 g/mol. The fraction of sp³-hybridized carbons (Fsp3) is 0.385. The first kappa shape index (κ1) is 12.0. The van der Waals surface area contributed by atoms with Crippen LogP contribution in [0.4, 0.5) is 0 Å². The van der Waals surface area contributed by atoms with Crippen molar-refractivity contribution in [3.05, 3.63) is 48.6 Å². The largest absolute Gasteiger partial charge is 0.103 e. The first-order valence-electron chi connectivity index (χ1n) is 4.90. The van der Waals surface area contributed by atoms with Crippen molar-refractivity contribution < 1.29 is 0 Å². The SMILES string of the molecule is C=CC/C=C\C(C)=C/C/C=C\CC. The van der Waals surface area contributed by atoms with Gasteiger partial charge in [0, 0.05) is 0 Å². The van der Waals surface area contributed by atoms with E-state index in [2.05, 4.69) is 50.8 Å². The van der Waals surface area contributed by atoms with Crippen LogP contribution in [0.1, 0.15) is 33.1 Å². The van der Waals surface area contributed by atoms with E-state index in [1.54, 1.807) is 0 Å². The van der Waals surface area contributed by atoms with E-state index in [0.29, 0.717) is 0 Å². The normalized spacial score (nSPS) is 12.9. The molecule has 0 bridgehead atoms. The molecule has 0 unspecified atom stereocenters. The summed E-state index contributed by atoms with van der Waals surface area (Å²) >= 11 is 0. The summed E-state index contributed by atoms with van der Waals surface area (Å²) in [7, 11) is 0. The second kappa shape index (κ2) is 9.05. The van der Waals surface area contributed by atoms with Gasteiger partial charge in [0.05, 0.1) is 0 Å². The molecule has 0 saturated heterocycles. The smallest absolute Gasteiger partial charge is 0.0163 e. The van der Waals surface area contributed by atoms with Gasteiger partial charge in [0.15, 0.2) is 0 Å². The number of allylic oxidation sites excluding steroid dienone is 7. The predicted octanol–water partition coefficient (Wildman–Crippen LogP) is 4.42. The van der Waals surface area contributed by atoms with Crippen LogP contribution in [0.15, 0.2) is 48.6 Å². The van der Waals surface area contributed by atoms with Crippen molar-refractivity contribution in [1.29, 1.82) is 0 Å². The average Bonchev–Trinajstić information content (AvgIpc) is 2.13. The highest BCUT2D eigenvalue weighted by atomic mass is 13.9. The molecule has 0 rings (SSSR count). The van der Waals surface area contributed by atoms with E-state index in [1.807, 2.05) is 6.08 Å². The lowest BCUT2D eigenvalue weighted by molar-refractivity contribution is 1.19. The van der Waals surface area contributed by atoms with E-state index in [1.165, 1.54) is 5.57 Å².